The highest BCUT2D eigenvalue weighted by Crippen LogP contribution is 2.41. The fraction of sp³-hybridized carbons (Fsp3) is 0.786. The zero-order valence-electron chi connectivity index (χ0n) is 12.0. The molecule has 0 amide bonds. The molecule has 0 spiro atoms. The second kappa shape index (κ2) is 5.74. The minimum atomic E-state index is -0.601. The minimum Gasteiger partial charge on any atom is -0.469 e. The zero-order chi connectivity index (χ0) is 13.8. The number of methoxy groups -OCH3 is 2. The van der Waals surface area contributed by atoms with Crippen LogP contribution in [0.15, 0.2) is 11.8 Å². The molecule has 1 rings (SSSR count). The second-order valence-electron chi connectivity index (χ2n) is 5.53. The molecule has 0 aromatic carbocycles. The summed E-state index contributed by atoms with van der Waals surface area (Å²) >= 11 is 0. The predicted molar refractivity (Wildman–Crippen MR) is 68.8 cm³/mol. The van der Waals surface area contributed by atoms with E-state index in [2.05, 4.69) is 18.6 Å². The molecule has 1 saturated heterocycles. The highest BCUT2D eigenvalue weighted by Gasteiger charge is 2.37. The molecule has 1 atom stereocenters. The Kier molecular flexibility index (Phi) is 4.79. The van der Waals surface area contributed by atoms with E-state index in [-0.39, 0.29) is 17.8 Å². The predicted octanol–water partition coefficient (Wildman–Crippen LogP) is 3.02. The van der Waals surface area contributed by atoms with Gasteiger partial charge in [0.1, 0.15) is 5.76 Å². The van der Waals surface area contributed by atoms with Crippen LogP contribution in [0.25, 0.3) is 0 Å². The van der Waals surface area contributed by atoms with Gasteiger partial charge in [-0.1, -0.05) is 13.8 Å². The molecule has 0 radical (unpaired) electrons. The fourth-order valence-electron chi connectivity index (χ4n) is 2.12. The van der Waals surface area contributed by atoms with E-state index >= 15 is 0 Å². The first-order chi connectivity index (χ1) is 8.33. The number of esters is 1. The van der Waals surface area contributed by atoms with Gasteiger partial charge in [0.05, 0.1) is 13.5 Å². The number of carbonyl (C=O) groups is 1. The Morgan fingerprint density at radius 1 is 1.33 bits per heavy atom. The highest BCUT2D eigenvalue weighted by atomic mass is 16.7. The van der Waals surface area contributed by atoms with E-state index in [0.29, 0.717) is 0 Å². The Morgan fingerprint density at radius 2 is 2.00 bits per heavy atom. The van der Waals surface area contributed by atoms with Crippen molar-refractivity contribution >= 4 is 5.97 Å². The van der Waals surface area contributed by atoms with Crippen LogP contribution in [-0.2, 0) is 19.0 Å². The third-order valence-corrected chi connectivity index (χ3v) is 3.54. The van der Waals surface area contributed by atoms with Crippen molar-refractivity contribution in [3.63, 3.8) is 0 Å². The van der Waals surface area contributed by atoms with E-state index in [0.717, 1.165) is 25.0 Å². The molecule has 1 unspecified atom stereocenters. The molecule has 1 heterocycles. The summed E-state index contributed by atoms with van der Waals surface area (Å²) in [7, 11) is 3.04. The van der Waals surface area contributed by atoms with Crippen molar-refractivity contribution in [2.75, 3.05) is 14.2 Å². The van der Waals surface area contributed by atoms with Crippen LogP contribution in [0.2, 0.25) is 0 Å². The molecule has 4 nitrogen and oxygen atoms in total. The molecule has 0 saturated carbocycles. The molecule has 0 bridgehead atoms. The first-order valence-electron chi connectivity index (χ1n) is 6.34. The molecule has 0 aromatic heterocycles. The molecule has 1 fully saturated rings. The summed E-state index contributed by atoms with van der Waals surface area (Å²) in [6.07, 6.45) is 4.94. The van der Waals surface area contributed by atoms with Crippen molar-refractivity contribution in [2.45, 2.75) is 52.2 Å². The van der Waals surface area contributed by atoms with Gasteiger partial charge in [0.15, 0.2) is 0 Å². The second-order valence-corrected chi connectivity index (χ2v) is 5.53. The van der Waals surface area contributed by atoms with Crippen molar-refractivity contribution < 1.29 is 19.0 Å². The maximum Gasteiger partial charge on any atom is 0.309 e. The van der Waals surface area contributed by atoms with E-state index in [9.17, 15) is 4.79 Å². The number of allylic oxidation sites excluding steroid dienone is 1. The van der Waals surface area contributed by atoms with E-state index in [4.69, 9.17) is 9.47 Å². The average Bonchev–Trinajstić information content (AvgIpc) is 2.44. The minimum absolute atomic E-state index is 0.0791. The topological polar surface area (TPSA) is 44.8 Å². The largest absolute Gasteiger partial charge is 0.469 e. The van der Waals surface area contributed by atoms with Crippen LogP contribution >= 0.6 is 0 Å². The van der Waals surface area contributed by atoms with Crippen LogP contribution in [0.4, 0.5) is 0 Å². The van der Waals surface area contributed by atoms with Crippen molar-refractivity contribution in [1.82, 2.24) is 0 Å². The van der Waals surface area contributed by atoms with Gasteiger partial charge in [0, 0.05) is 25.9 Å². The standard InChI is InChI=1S/C14H24O4/c1-13(2)9-6-10-14(3,17-5)18-11(13)7-8-12(15)16-4/h7H,6,8-10H2,1-5H3. The number of carbonyl (C=O) groups excluding carboxylic acids is 1. The van der Waals surface area contributed by atoms with E-state index in [1.807, 2.05) is 13.0 Å². The molecule has 1 aliphatic rings. The molecule has 18 heavy (non-hydrogen) atoms. The van der Waals surface area contributed by atoms with Gasteiger partial charge in [-0.05, 0) is 18.9 Å². The first kappa shape index (κ1) is 15.0. The summed E-state index contributed by atoms with van der Waals surface area (Å²) in [6, 6.07) is 0. The van der Waals surface area contributed by atoms with E-state index in [1.165, 1.54) is 7.11 Å². The van der Waals surface area contributed by atoms with Crippen LogP contribution in [0.3, 0.4) is 0 Å². The van der Waals surface area contributed by atoms with Gasteiger partial charge >= 0.3 is 5.97 Å². The number of rotatable bonds is 3. The fourth-order valence-corrected chi connectivity index (χ4v) is 2.12. The number of ether oxygens (including phenoxy) is 3. The monoisotopic (exact) mass is 256 g/mol. The molecule has 0 aromatic rings. The van der Waals surface area contributed by atoms with Crippen LogP contribution in [-0.4, -0.2) is 26.0 Å². The Hall–Kier alpha value is -1.03. The van der Waals surface area contributed by atoms with Gasteiger partial charge in [-0.2, -0.15) is 0 Å². The van der Waals surface area contributed by atoms with Crippen LogP contribution < -0.4 is 0 Å². The Bertz CT molecular complexity index is 333. The summed E-state index contributed by atoms with van der Waals surface area (Å²) in [5, 5.41) is 0. The quantitative estimate of drug-likeness (QED) is 0.728. The molecule has 4 heteroatoms. The SMILES string of the molecule is COC(=O)CC=C1OC(C)(OC)CCCC1(C)C. The van der Waals surface area contributed by atoms with Gasteiger partial charge in [-0.25, -0.2) is 0 Å². The van der Waals surface area contributed by atoms with E-state index < -0.39 is 5.79 Å². The van der Waals surface area contributed by atoms with Crippen molar-refractivity contribution in [1.29, 1.82) is 0 Å². The summed E-state index contributed by atoms with van der Waals surface area (Å²) in [6.45, 7) is 6.18. The lowest BCUT2D eigenvalue weighted by Crippen LogP contribution is -2.31. The molecule has 1 aliphatic heterocycles. The Labute approximate surface area is 109 Å². The lowest BCUT2D eigenvalue weighted by atomic mass is 9.85. The first-order valence-corrected chi connectivity index (χ1v) is 6.34. The van der Waals surface area contributed by atoms with Crippen molar-refractivity contribution in [3.05, 3.63) is 11.8 Å². The Balaban J connectivity index is 2.90. The maximum atomic E-state index is 11.2. The molecule has 0 N–H and O–H groups in total. The normalized spacial score (nSPS) is 29.5. The lowest BCUT2D eigenvalue weighted by Gasteiger charge is -2.32. The van der Waals surface area contributed by atoms with Gasteiger partial charge in [-0.3, -0.25) is 4.79 Å². The van der Waals surface area contributed by atoms with Gasteiger partial charge in [0.2, 0.25) is 5.79 Å². The molecule has 0 aliphatic carbocycles. The molecular formula is C14H24O4. The van der Waals surface area contributed by atoms with Gasteiger partial charge in [0.25, 0.3) is 0 Å². The van der Waals surface area contributed by atoms with Crippen molar-refractivity contribution in [3.8, 4) is 0 Å². The van der Waals surface area contributed by atoms with Crippen molar-refractivity contribution in [2.24, 2.45) is 5.41 Å². The summed E-state index contributed by atoms with van der Waals surface area (Å²) in [5.41, 5.74) is -0.0791. The highest BCUT2D eigenvalue weighted by molar-refractivity contribution is 5.71. The molecule has 104 valence electrons. The summed E-state index contributed by atoms with van der Waals surface area (Å²) in [5.74, 6) is -0.0459. The molecular weight excluding hydrogens is 232 g/mol. The number of hydrogen-bond acceptors (Lipinski definition) is 4. The average molecular weight is 256 g/mol. The smallest absolute Gasteiger partial charge is 0.309 e. The maximum absolute atomic E-state index is 11.2. The third-order valence-electron chi connectivity index (χ3n) is 3.54. The van der Waals surface area contributed by atoms with E-state index in [1.54, 1.807) is 7.11 Å². The zero-order valence-corrected chi connectivity index (χ0v) is 12.0. The van der Waals surface area contributed by atoms with Crippen LogP contribution in [0.1, 0.15) is 46.5 Å². The van der Waals surface area contributed by atoms with Crippen LogP contribution in [0, 0.1) is 5.41 Å². The number of hydrogen-bond donors (Lipinski definition) is 0. The van der Waals surface area contributed by atoms with Gasteiger partial charge < -0.3 is 14.2 Å². The van der Waals surface area contributed by atoms with Crippen LogP contribution in [0.5, 0.6) is 0 Å². The lowest BCUT2D eigenvalue weighted by molar-refractivity contribution is -0.192. The summed E-state index contributed by atoms with van der Waals surface area (Å²) < 4.78 is 16.1. The Morgan fingerprint density at radius 3 is 2.56 bits per heavy atom. The summed E-state index contributed by atoms with van der Waals surface area (Å²) in [4.78, 5) is 11.2. The third kappa shape index (κ3) is 3.73. The van der Waals surface area contributed by atoms with Gasteiger partial charge in [-0.15, -0.1) is 0 Å².